The molecule has 0 heterocycles. The van der Waals surface area contributed by atoms with Crippen molar-refractivity contribution in [2.45, 2.75) is 19.3 Å². The van der Waals surface area contributed by atoms with Gasteiger partial charge in [0.25, 0.3) is 0 Å². The van der Waals surface area contributed by atoms with Gasteiger partial charge in [-0.05, 0) is 29.0 Å². The maximum absolute atomic E-state index is 12.7. The van der Waals surface area contributed by atoms with Crippen LogP contribution in [0.5, 0.6) is 0 Å². The summed E-state index contributed by atoms with van der Waals surface area (Å²) >= 11 is 0. The molecule has 0 spiro atoms. The van der Waals surface area contributed by atoms with Crippen LogP contribution < -0.4 is 0 Å². The smallest absolute Gasteiger partial charge is 0.338 e. The van der Waals surface area contributed by atoms with Gasteiger partial charge in [0.2, 0.25) is 0 Å². The van der Waals surface area contributed by atoms with Crippen molar-refractivity contribution in [1.82, 2.24) is 0 Å². The summed E-state index contributed by atoms with van der Waals surface area (Å²) in [6, 6.07) is 5.46. The van der Waals surface area contributed by atoms with Crippen molar-refractivity contribution >= 4 is 18.0 Å². The molecule has 2 aliphatic rings. The molecule has 0 aromatic heterocycles. The molecule has 1 saturated carbocycles. The third kappa shape index (κ3) is 1.58. The molecule has 4 heteroatoms. The standard InChI is InChI=1S/C18H20O4/c1-10-11(2)18(17(20)22-4)14(10)9-8-12-6-5-7-13(15(12)18)16(19)21-3/h5-11,14H,1-4H3/t10-,11-,14+,18+/m0/s1. The number of rotatable bonds is 2. The minimum absolute atomic E-state index is 0.0493. The van der Waals surface area contributed by atoms with E-state index < -0.39 is 11.4 Å². The Morgan fingerprint density at radius 3 is 2.50 bits per heavy atom. The molecule has 3 rings (SSSR count). The topological polar surface area (TPSA) is 52.6 Å². The van der Waals surface area contributed by atoms with E-state index in [1.54, 1.807) is 6.07 Å². The van der Waals surface area contributed by atoms with Gasteiger partial charge in [0.1, 0.15) is 5.41 Å². The minimum atomic E-state index is -0.789. The molecule has 116 valence electrons. The van der Waals surface area contributed by atoms with Crippen molar-refractivity contribution in [3.8, 4) is 0 Å². The van der Waals surface area contributed by atoms with Gasteiger partial charge in [-0.1, -0.05) is 38.1 Å². The van der Waals surface area contributed by atoms with Crippen molar-refractivity contribution in [3.05, 3.63) is 41.0 Å². The largest absolute Gasteiger partial charge is 0.468 e. The average Bonchev–Trinajstić information content (AvgIpc) is 2.57. The van der Waals surface area contributed by atoms with Gasteiger partial charge in [-0.25, -0.2) is 4.79 Å². The minimum Gasteiger partial charge on any atom is -0.468 e. The van der Waals surface area contributed by atoms with Gasteiger partial charge in [0, 0.05) is 5.92 Å². The summed E-state index contributed by atoms with van der Waals surface area (Å²) in [4.78, 5) is 24.9. The molecule has 0 aliphatic heterocycles. The second-order valence-electron chi connectivity index (χ2n) is 6.15. The highest BCUT2D eigenvalue weighted by atomic mass is 16.5. The van der Waals surface area contributed by atoms with Crippen molar-refractivity contribution in [2.75, 3.05) is 14.2 Å². The fraction of sp³-hybridized carbons (Fsp3) is 0.444. The number of carbonyl (C=O) groups is 2. The molecule has 0 radical (unpaired) electrons. The summed E-state index contributed by atoms with van der Waals surface area (Å²) < 4.78 is 10.0. The van der Waals surface area contributed by atoms with E-state index in [-0.39, 0.29) is 17.8 Å². The number of fused-ring (bicyclic) bond motifs is 3. The summed E-state index contributed by atoms with van der Waals surface area (Å²) in [7, 11) is 2.76. The molecule has 22 heavy (non-hydrogen) atoms. The Bertz CT molecular complexity index is 676. The highest BCUT2D eigenvalue weighted by Gasteiger charge is 2.65. The Labute approximate surface area is 130 Å². The van der Waals surface area contributed by atoms with E-state index >= 15 is 0 Å². The first kappa shape index (κ1) is 14.8. The molecular weight excluding hydrogens is 280 g/mol. The monoisotopic (exact) mass is 300 g/mol. The molecular formula is C18H20O4. The number of hydrogen-bond donors (Lipinski definition) is 0. The average molecular weight is 300 g/mol. The summed E-state index contributed by atoms with van der Waals surface area (Å²) in [5.41, 5.74) is 1.32. The number of esters is 2. The van der Waals surface area contributed by atoms with Crippen LogP contribution >= 0.6 is 0 Å². The van der Waals surface area contributed by atoms with Gasteiger partial charge in [0.05, 0.1) is 19.8 Å². The van der Waals surface area contributed by atoms with Gasteiger partial charge < -0.3 is 9.47 Å². The van der Waals surface area contributed by atoms with E-state index in [0.717, 1.165) is 11.1 Å². The summed E-state index contributed by atoms with van der Waals surface area (Å²) in [6.07, 6.45) is 4.07. The van der Waals surface area contributed by atoms with Crippen LogP contribution in [0.1, 0.15) is 35.3 Å². The number of allylic oxidation sites excluding steroid dienone is 1. The van der Waals surface area contributed by atoms with Crippen LogP contribution in [0.25, 0.3) is 6.08 Å². The predicted molar refractivity (Wildman–Crippen MR) is 82.3 cm³/mol. The SMILES string of the molecule is COC(=O)c1cccc2c1[C@]1(C(=O)OC)[C@H](C=C2)[C@@H](C)[C@@H]1C. The zero-order valence-corrected chi connectivity index (χ0v) is 13.3. The van der Waals surface area contributed by atoms with Crippen molar-refractivity contribution in [2.24, 2.45) is 17.8 Å². The second kappa shape index (κ2) is 4.97. The van der Waals surface area contributed by atoms with Crippen LogP contribution in [0.3, 0.4) is 0 Å². The third-order valence-corrected chi connectivity index (χ3v) is 5.52. The third-order valence-electron chi connectivity index (χ3n) is 5.52. The molecule has 0 amide bonds. The van der Waals surface area contributed by atoms with Gasteiger partial charge in [-0.15, -0.1) is 0 Å². The normalized spacial score (nSPS) is 31.5. The van der Waals surface area contributed by atoms with Gasteiger partial charge in [-0.3, -0.25) is 4.79 Å². The predicted octanol–water partition coefficient (Wildman–Crippen LogP) is 2.81. The summed E-state index contributed by atoms with van der Waals surface area (Å²) in [5.74, 6) is -0.187. The molecule has 1 fully saturated rings. The molecule has 0 N–H and O–H groups in total. The van der Waals surface area contributed by atoms with Crippen molar-refractivity contribution in [1.29, 1.82) is 0 Å². The fourth-order valence-corrected chi connectivity index (χ4v) is 4.30. The van der Waals surface area contributed by atoms with Crippen LogP contribution in [0.15, 0.2) is 24.3 Å². The van der Waals surface area contributed by atoms with Crippen LogP contribution in [0.4, 0.5) is 0 Å². The molecule has 0 bridgehead atoms. The number of methoxy groups -OCH3 is 2. The van der Waals surface area contributed by atoms with E-state index in [4.69, 9.17) is 9.47 Å². The lowest BCUT2D eigenvalue weighted by atomic mass is 9.43. The molecule has 4 atom stereocenters. The van der Waals surface area contributed by atoms with Crippen LogP contribution in [-0.4, -0.2) is 26.2 Å². The molecule has 4 nitrogen and oxygen atoms in total. The molecule has 0 unspecified atom stereocenters. The number of benzene rings is 1. The molecule has 1 aromatic carbocycles. The maximum atomic E-state index is 12.7. The fourth-order valence-electron chi connectivity index (χ4n) is 4.30. The Morgan fingerprint density at radius 1 is 1.14 bits per heavy atom. The van der Waals surface area contributed by atoms with E-state index in [1.165, 1.54) is 14.2 Å². The lowest BCUT2D eigenvalue weighted by Gasteiger charge is -2.58. The first-order chi connectivity index (χ1) is 10.5. The first-order valence-electron chi connectivity index (χ1n) is 7.48. The second-order valence-corrected chi connectivity index (χ2v) is 6.15. The number of ether oxygens (including phenoxy) is 2. The van der Waals surface area contributed by atoms with E-state index in [9.17, 15) is 9.59 Å². The van der Waals surface area contributed by atoms with Crippen LogP contribution in [0, 0.1) is 17.8 Å². The lowest BCUT2D eigenvalue weighted by molar-refractivity contribution is -0.164. The van der Waals surface area contributed by atoms with E-state index in [0.29, 0.717) is 11.5 Å². The zero-order valence-electron chi connectivity index (χ0n) is 13.3. The summed E-state index contributed by atoms with van der Waals surface area (Å²) in [6.45, 7) is 4.18. The lowest BCUT2D eigenvalue weighted by Crippen LogP contribution is -2.63. The zero-order chi connectivity index (χ0) is 16.1. The van der Waals surface area contributed by atoms with Gasteiger partial charge in [-0.2, -0.15) is 0 Å². The Kier molecular flexibility index (Phi) is 3.35. The molecule has 2 aliphatic carbocycles. The highest BCUT2D eigenvalue weighted by Crippen LogP contribution is 2.61. The first-order valence-corrected chi connectivity index (χ1v) is 7.48. The van der Waals surface area contributed by atoms with E-state index in [1.807, 2.05) is 18.2 Å². The number of hydrogen-bond acceptors (Lipinski definition) is 4. The van der Waals surface area contributed by atoms with Gasteiger partial charge in [0.15, 0.2) is 0 Å². The van der Waals surface area contributed by atoms with Crippen molar-refractivity contribution < 1.29 is 19.1 Å². The maximum Gasteiger partial charge on any atom is 0.338 e. The molecule has 1 aromatic rings. The van der Waals surface area contributed by atoms with Crippen LogP contribution in [-0.2, 0) is 19.7 Å². The Hall–Kier alpha value is -2.10. The quantitative estimate of drug-likeness (QED) is 0.788. The van der Waals surface area contributed by atoms with Crippen LogP contribution in [0.2, 0.25) is 0 Å². The summed E-state index contributed by atoms with van der Waals surface area (Å²) in [5, 5.41) is 0. The van der Waals surface area contributed by atoms with Gasteiger partial charge >= 0.3 is 11.9 Å². The Morgan fingerprint density at radius 2 is 1.86 bits per heavy atom. The van der Waals surface area contributed by atoms with Crippen molar-refractivity contribution in [3.63, 3.8) is 0 Å². The van der Waals surface area contributed by atoms with E-state index in [2.05, 4.69) is 19.9 Å². The molecule has 0 saturated heterocycles. The highest BCUT2D eigenvalue weighted by molar-refractivity contribution is 5.98. The number of carbonyl (C=O) groups excluding carboxylic acids is 2. The Balaban J connectivity index is 2.30.